The first-order valence-electron chi connectivity index (χ1n) is 5.90. The molecule has 2 rings (SSSR count). The number of benzene rings is 1. The van der Waals surface area contributed by atoms with Crippen LogP contribution in [0.4, 0.5) is 5.69 Å². The van der Waals surface area contributed by atoms with Crippen molar-refractivity contribution in [3.63, 3.8) is 0 Å². The van der Waals surface area contributed by atoms with E-state index in [1.165, 1.54) is 18.2 Å². The van der Waals surface area contributed by atoms with Crippen LogP contribution in [-0.2, 0) is 10.0 Å². The second-order valence-corrected chi connectivity index (χ2v) is 6.11. The third-order valence-electron chi connectivity index (χ3n) is 2.89. The molecule has 0 amide bonds. The first kappa shape index (κ1) is 13.6. The van der Waals surface area contributed by atoms with Crippen molar-refractivity contribution in [1.29, 1.82) is 5.26 Å². The molecule has 1 saturated carbocycles. The van der Waals surface area contributed by atoms with E-state index < -0.39 is 15.6 Å². The second-order valence-electron chi connectivity index (χ2n) is 4.43. The Morgan fingerprint density at radius 2 is 2.21 bits per heavy atom. The molecule has 0 bridgehead atoms. The van der Waals surface area contributed by atoms with Gasteiger partial charge in [0.1, 0.15) is 11.3 Å². The van der Waals surface area contributed by atoms with Gasteiger partial charge in [-0.1, -0.05) is 0 Å². The Morgan fingerprint density at radius 1 is 1.53 bits per heavy atom. The van der Waals surface area contributed by atoms with Crippen LogP contribution in [0.5, 0.6) is 5.75 Å². The highest BCUT2D eigenvalue weighted by atomic mass is 32.2. The zero-order chi connectivity index (χ0) is 14.1. The van der Waals surface area contributed by atoms with Crippen LogP contribution < -0.4 is 15.2 Å². The predicted molar refractivity (Wildman–Crippen MR) is 69.9 cm³/mol. The van der Waals surface area contributed by atoms with Crippen LogP contribution in [0.2, 0.25) is 0 Å². The summed E-state index contributed by atoms with van der Waals surface area (Å²) in [5.74, 6) is 0.447. The Kier molecular flexibility index (Phi) is 3.39. The van der Waals surface area contributed by atoms with Crippen molar-refractivity contribution in [2.75, 3.05) is 12.3 Å². The third-order valence-corrected chi connectivity index (χ3v) is 4.42. The van der Waals surface area contributed by atoms with E-state index in [9.17, 15) is 8.42 Å². The Morgan fingerprint density at radius 3 is 2.68 bits per heavy atom. The molecule has 0 aliphatic heterocycles. The van der Waals surface area contributed by atoms with Crippen LogP contribution in [0.15, 0.2) is 23.1 Å². The SMILES string of the molecule is CCOc1ccc(S(=O)(=O)NC2(C#N)CC2)cc1N. The van der Waals surface area contributed by atoms with Crippen molar-refractivity contribution in [2.24, 2.45) is 0 Å². The zero-order valence-electron chi connectivity index (χ0n) is 10.5. The highest BCUT2D eigenvalue weighted by Crippen LogP contribution is 2.36. The molecule has 0 radical (unpaired) electrons. The number of ether oxygens (including phenoxy) is 1. The topological polar surface area (TPSA) is 105 Å². The number of hydrogen-bond acceptors (Lipinski definition) is 5. The van der Waals surface area contributed by atoms with Gasteiger partial charge in [0.05, 0.1) is 23.3 Å². The molecule has 3 N–H and O–H groups in total. The van der Waals surface area contributed by atoms with Crippen LogP contribution in [0.25, 0.3) is 0 Å². The first-order valence-corrected chi connectivity index (χ1v) is 7.38. The fourth-order valence-electron chi connectivity index (χ4n) is 1.66. The number of hydrogen-bond donors (Lipinski definition) is 2. The van der Waals surface area contributed by atoms with Crippen LogP contribution >= 0.6 is 0 Å². The molecule has 1 aliphatic rings. The predicted octanol–water partition coefficient (Wildman–Crippen LogP) is 1.00. The summed E-state index contributed by atoms with van der Waals surface area (Å²) in [5, 5.41) is 8.91. The van der Waals surface area contributed by atoms with E-state index in [4.69, 9.17) is 15.7 Å². The maximum absolute atomic E-state index is 12.1. The van der Waals surface area contributed by atoms with Gasteiger partial charge in [-0.15, -0.1) is 0 Å². The fourth-order valence-corrected chi connectivity index (χ4v) is 3.07. The van der Waals surface area contributed by atoms with Gasteiger partial charge in [-0.25, -0.2) is 8.42 Å². The summed E-state index contributed by atoms with van der Waals surface area (Å²) < 4.78 is 31.9. The summed E-state index contributed by atoms with van der Waals surface area (Å²) in [4.78, 5) is 0.0370. The largest absolute Gasteiger partial charge is 0.492 e. The van der Waals surface area contributed by atoms with E-state index in [0.717, 1.165) is 0 Å². The monoisotopic (exact) mass is 281 g/mol. The molecular formula is C12H15N3O3S. The number of sulfonamides is 1. The number of nitrogens with zero attached hydrogens (tertiary/aromatic N) is 1. The van der Waals surface area contributed by atoms with Gasteiger partial charge < -0.3 is 10.5 Å². The maximum atomic E-state index is 12.1. The average Bonchev–Trinajstić information content (AvgIpc) is 3.11. The van der Waals surface area contributed by atoms with E-state index in [0.29, 0.717) is 25.2 Å². The Bertz CT molecular complexity index is 630. The minimum atomic E-state index is -3.73. The number of nitriles is 1. The second kappa shape index (κ2) is 4.72. The van der Waals surface area contributed by atoms with Gasteiger partial charge >= 0.3 is 0 Å². The summed E-state index contributed by atoms with van der Waals surface area (Å²) in [6.07, 6.45) is 1.07. The van der Waals surface area contributed by atoms with Gasteiger partial charge in [0.15, 0.2) is 0 Å². The van der Waals surface area contributed by atoms with E-state index in [2.05, 4.69) is 4.72 Å². The molecule has 1 aliphatic carbocycles. The van der Waals surface area contributed by atoms with Crippen molar-refractivity contribution in [3.8, 4) is 11.8 Å². The van der Waals surface area contributed by atoms with Gasteiger partial charge in [0.2, 0.25) is 10.0 Å². The fraction of sp³-hybridized carbons (Fsp3) is 0.417. The molecule has 19 heavy (non-hydrogen) atoms. The Hall–Kier alpha value is -1.78. The smallest absolute Gasteiger partial charge is 0.242 e. The van der Waals surface area contributed by atoms with E-state index >= 15 is 0 Å². The lowest BCUT2D eigenvalue weighted by molar-refractivity contribution is 0.342. The first-order chi connectivity index (χ1) is 8.92. The molecule has 0 unspecified atom stereocenters. The lowest BCUT2D eigenvalue weighted by Gasteiger charge is -2.12. The van der Waals surface area contributed by atoms with Gasteiger partial charge in [0.25, 0.3) is 0 Å². The van der Waals surface area contributed by atoms with Gasteiger partial charge in [-0.05, 0) is 38.0 Å². The number of nitrogens with two attached hydrogens (primary N) is 1. The van der Waals surface area contributed by atoms with E-state index in [1.54, 1.807) is 0 Å². The van der Waals surface area contributed by atoms with Crippen molar-refractivity contribution >= 4 is 15.7 Å². The molecule has 6 nitrogen and oxygen atoms in total. The summed E-state index contributed by atoms with van der Waals surface area (Å²) in [5.41, 5.74) is 5.05. The average molecular weight is 281 g/mol. The summed E-state index contributed by atoms with van der Waals surface area (Å²) in [6, 6.07) is 6.24. The normalized spacial score (nSPS) is 16.6. The number of nitrogen functional groups attached to an aromatic ring is 1. The molecular weight excluding hydrogens is 266 g/mol. The van der Waals surface area contributed by atoms with E-state index in [1.807, 2.05) is 13.0 Å². The molecule has 7 heteroatoms. The number of anilines is 1. The highest BCUT2D eigenvalue weighted by molar-refractivity contribution is 7.89. The van der Waals surface area contributed by atoms with Crippen molar-refractivity contribution in [1.82, 2.24) is 4.72 Å². The third kappa shape index (κ3) is 2.80. The molecule has 0 heterocycles. The number of rotatable bonds is 5. The molecule has 1 fully saturated rings. The molecule has 0 aromatic heterocycles. The van der Waals surface area contributed by atoms with Crippen molar-refractivity contribution in [3.05, 3.63) is 18.2 Å². The number of nitrogens with one attached hydrogen (secondary N) is 1. The molecule has 0 saturated heterocycles. The lowest BCUT2D eigenvalue weighted by Crippen LogP contribution is -2.35. The zero-order valence-corrected chi connectivity index (χ0v) is 11.3. The van der Waals surface area contributed by atoms with Crippen LogP contribution in [0.3, 0.4) is 0 Å². The molecule has 1 aromatic rings. The van der Waals surface area contributed by atoms with Crippen LogP contribution in [0.1, 0.15) is 19.8 Å². The lowest BCUT2D eigenvalue weighted by atomic mass is 10.3. The minimum Gasteiger partial charge on any atom is -0.492 e. The van der Waals surface area contributed by atoms with Gasteiger partial charge in [0, 0.05) is 0 Å². The molecule has 0 spiro atoms. The Balaban J connectivity index is 2.27. The molecule has 102 valence electrons. The maximum Gasteiger partial charge on any atom is 0.242 e. The summed E-state index contributed by atoms with van der Waals surface area (Å²) in [6.45, 7) is 2.27. The van der Waals surface area contributed by atoms with Gasteiger partial charge in [-0.3, -0.25) is 0 Å². The van der Waals surface area contributed by atoms with Crippen molar-refractivity contribution < 1.29 is 13.2 Å². The standard InChI is InChI=1S/C12H15N3O3S/c1-2-18-11-4-3-9(7-10(11)14)19(16,17)15-12(8-13)5-6-12/h3-4,7,15H,2,5-6,14H2,1H3. The van der Waals surface area contributed by atoms with E-state index in [-0.39, 0.29) is 10.6 Å². The quantitative estimate of drug-likeness (QED) is 0.783. The van der Waals surface area contributed by atoms with Crippen LogP contribution in [-0.4, -0.2) is 20.6 Å². The highest BCUT2D eigenvalue weighted by Gasteiger charge is 2.46. The summed E-state index contributed by atoms with van der Waals surface area (Å²) in [7, 11) is -3.73. The molecule has 1 aromatic carbocycles. The van der Waals surface area contributed by atoms with Crippen molar-refractivity contribution in [2.45, 2.75) is 30.2 Å². The molecule has 0 atom stereocenters. The van der Waals surface area contributed by atoms with Crippen LogP contribution in [0, 0.1) is 11.3 Å². The minimum absolute atomic E-state index is 0.0370. The Labute approximate surface area is 112 Å². The summed E-state index contributed by atoms with van der Waals surface area (Å²) >= 11 is 0. The van der Waals surface area contributed by atoms with Gasteiger partial charge in [-0.2, -0.15) is 9.98 Å².